The summed E-state index contributed by atoms with van der Waals surface area (Å²) < 4.78 is 7.20. The van der Waals surface area contributed by atoms with Gasteiger partial charge in [0.15, 0.2) is 0 Å². The Morgan fingerprint density at radius 3 is 2.71 bits per heavy atom. The number of methoxy groups -OCH3 is 1. The molecule has 0 radical (unpaired) electrons. The normalized spacial score (nSPS) is 18.4. The molecule has 1 atom stereocenters. The summed E-state index contributed by atoms with van der Waals surface area (Å²) in [7, 11) is 1.56. The maximum atomic E-state index is 13.1. The van der Waals surface area contributed by atoms with Gasteiger partial charge in [-0.25, -0.2) is 4.98 Å². The molecule has 0 unspecified atom stereocenters. The van der Waals surface area contributed by atoms with Crippen LogP contribution in [0.15, 0.2) is 48.5 Å². The van der Waals surface area contributed by atoms with Gasteiger partial charge in [0.2, 0.25) is 11.9 Å². The molecule has 1 aliphatic heterocycles. The fourth-order valence-electron chi connectivity index (χ4n) is 3.86. The number of benzene rings is 2. The van der Waals surface area contributed by atoms with Crippen LogP contribution in [0.25, 0.3) is 11.0 Å². The second-order valence-corrected chi connectivity index (χ2v) is 7.18. The highest BCUT2D eigenvalue weighted by Crippen LogP contribution is 2.42. The number of nitrogens with one attached hydrogen (secondary N) is 1. The zero-order valence-electron chi connectivity index (χ0n) is 15.5. The number of carbonyl (C=O) groups excluding carboxylic acids is 2. The summed E-state index contributed by atoms with van der Waals surface area (Å²) in [5, 5.41) is 2.87. The van der Waals surface area contributed by atoms with E-state index in [0.29, 0.717) is 17.4 Å². The molecule has 2 amide bonds. The highest BCUT2D eigenvalue weighted by atomic mass is 16.5. The summed E-state index contributed by atoms with van der Waals surface area (Å²) in [4.78, 5) is 32.3. The molecular weight excluding hydrogens is 356 g/mol. The molecule has 7 nitrogen and oxygen atoms in total. The van der Waals surface area contributed by atoms with Crippen LogP contribution in [0.5, 0.6) is 5.75 Å². The van der Waals surface area contributed by atoms with E-state index in [-0.39, 0.29) is 24.3 Å². The van der Waals surface area contributed by atoms with Gasteiger partial charge in [-0.15, -0.1) is 0 Å². The van der Waals surface area contributed by atoms with Crippen molar-refractivity contribution in [2.75, 3.05) is 17.3 Å². The molecule has 2 aliphatic rings. The average Bonchev–Trinajstić information content (AvgIpc) is 3.41. The average molecular weight is 376 g/mol. The largest absolute Gasteiger partial charge is 0.495 e. The number of anilines is 2. The lowest BCUT2D eigenvalue weighted by molar-refractivity contribution is -0.124. The van der Waals surface area contributed by atoms with Crippen LogP contribution in [0.1, 0.15) is 25.3 Å². The minimum atomic E-state index is -0.585. The second-order valence-electron chi connectivity index (χ2n) is 7.18. The number of carbonyl (C=O) groups is 2. The minimum absolute atomic E-state index is 0.0491. The van der Waals surface area contributed by atoms with E-state index in [1.54, 1.807) is 24.1 Å². The third-order valence-electron chi connectivity index (χ3n) is 5.30. The lowest BCUT2D eigenvalue weighted by Crippen LogP contribution is -2.33. The van der Waals surface area contributed by atoms with E-state index in [1.807, 2.05) is 41.0 Å². The molecule has 1 N–H and O–H groups in total. The van der Waals surface area contributed by atoms with Crippen LogP contribution in [0.2, 0.25) is 0 Å². The van der Waals surface area contributed by atoms with Gasteiger partial charge in [0.05, 0.1) is 30.3 Å². The number of imidazole rings is 1. The Morgan fingerprint density at radius 1 is 1.18 bits per heavy atom. The molecular formula is C21H20N4O3. The zero-order valence-corrected chi connectivity index (χ0v) is 15.5. The Morgan fingerprint density at radius 2 is 1.93 bits per heavy atom. The van der Waals surface area contributed by atoms with Crippen molar-refractivity contribution in [3.8, 4) is 5.75 Å². The third-order valence-corrected chi connectivity index (χ3v) is 5.30. The maximum absolute atomic E-state index is 13.1. The number of hydrogen-bond acceptors (Lipinski definition) is 4. The van der Waals surface area contributed by atoms with Crippen LogP contribution in [-0.4, -0.2) is 34.5 Å². The van der Waals surface area contributed by atoms with Crippen LogP contribution < -0.4 is 15.0 Å². The number of fused-ring (bicyclic) bond motifs is 3. The van der Waals surface area contributed by atoms with Crippen molar-refractivity contribution in [2.24, 2.45) is 0 Å². The molecule has 142 valence electrons. The van der Waals surface area contributed by atoms with Crippen molar-refractivity contribution in [1.29, 1.82) is 0 Å². The number of rotatable bonds is 5. The lowest BCUT2D eigenvalue weighted by atomic mass is 10.1. The highest BCUT2D eigenvalue weighted by Gasteiger charge is 2.47. The second kappa shape index (κ2) is 6.37. The number of nitrogens with zero attached hydrogens (tertiary/aromatic N) is 3. The molecule has 0 bridgehead atoms. The van der Waals surface area contributed by atoms with Gasteiger partial charge in [-0.3, -0.25) is 19.1 Å². The summed E-state index contributed by atoms with van der Waals surface area (Å²) in [6.07, 6.45) is 2.01. The predicted molar refractivity (Wildman–Crippen MR) is 106 cm³/mol. The molecule has 2 heterocycles. The molecule has 2 aromatic carbocycles. The lowest BCUT2D eigenvalue weighted by Gasteiger charge is -2.15. The summed E-state index contributed by atoms with van der Waals surface area (Å²) >= 11 is 0. The first-order valence-electron chi connectivity index (χ1n) is 9.40. The molecule has 7 heteroatoms. The monoisotopic (exact) mass is 376 g/mol. The standard InChI is InChI=1S/C21H20N4O3/c1-28-18-9-5-3-7-15(18)22-19(26)12-17-20(27)24(13-10-11-13)21-23-14-6-2-4-8-16(14)25(17)21/h2-9,13,17H,10-12H2,1H3,(H,22,26)/t17-/m1/s1. The van der Waals surface area contributed by atoms with Gasteiger partial charge >= 0.3 is 0 Å². The number of amides is 2. The molecule has 1 aromatic heterocycles. The third kappa shape index (κ3) is 2.62. The van der Waals surface area contributed by atoms with E-state index in [2.05, 4.69) is 10.3 Å². The van der Waals surface area contributed by atoms with E-state index in [9.17, 15) is 9.59 Å². The van der Waals surface area contributed by atoms with Crippen LogP contribution >= 0.6 is 0 Å². The van der Waals surface area contributed by atoms with Gasteiger partial charge in [-0.1, -0.05) is 24.3 Å². The van der Waals surface area contributed by atoms with Crippen LogP contribution in [0.3, 0.4) is 0 Å². The van der Waals surface area contributed by atoms with E-state index in [0.717, 1.165) is 23.9 Å². The number of aromatic nitrogens is 2. The molecule has 0 spiro atoms. The van der Waals surface area contributed by atoms with E-state index >= 15 is 0 Å². The Labute approximate surface area is 161 Å². The van der Waals surface area contributed by atoms with Crippen LogP contribution in [-0.2, 0) is 9.59 Å². The smallest absolute Gasteiger partial charge is 0.253 e. The first-order valence-corrected chi connectivity index (χ1v) is 9.40. The van der Waals surface area contributed by atoms with Crippen molar-refractivity contribution in [3.05, 3.63) is 48.5 Å². The predicted octanol–water partition coefficient (Wildman–Crippen LogP) is 3.12. The Hall–Kier alpha value is -3.35. The SMILES string of the molecule is COc1ccccc1NC(=O)C[C@@H]1C(=O)N(C2CC2)c2nc3ccccc3n21. The molecule has 0 saturated heterocycles. The van der Waals surface area contributed by atoms with E-state index in [1.165, 1.54) is 0 Å². The van der Waals surface area contributed by atoms with Gasteiger partial charge in [0, 0.05) is 6.04 Å². The van der Waals surface area contributed by atoms with Crippen molar-refractivity contribution < 1.29 is 14.3 Å². The Bertz CT molecular complexity index is 1090. The van der Waals surface area contributed by atoms with Crippen molar-refractivity contribution in [3.63, 3.8) is 0 Å². The fourth-order valence-corrected chi connectivity index (χ4v) is 3.86. The number of hydrogen-bond donors (Lipinski definition) is 1. The van der Waals surface area contributed by atoms with Gasteiger partial charge in [-0.05, 0) is 37.1 Å². The van der Waals surface area contributed by atoms with Crippen LogP contribution in [0, 0.1) is 0 Å². The van der Waals surface area contributed by atoms with Crippen molar-refractivity contribution in [1.82, 2.24) is 9.55 Å². The summed E-state index contributed by atoms with van der Waals surface area (Å²) in [5.74, 6) is 0.959. The highest BCUT2D eigenvalue weighted by molar-refractivity contribution is 6.05. The minimum Gasteiger partial charge on any atom is -0.495 e. The van der Waals surface area contributed by atoms with Gasteiger partial charge in [0.25, 0.3) is 5.91 Å². The summed E-state index contributed by atoms with van der Waals surface area (Å²) in [6, 6.07) is 14.6. The summed E-state index contributed by atoms with van der Waals surface area (Å²) in [6.45, 7) is 0. The molecule has 1 aliphatic carbocycles. The first-order chi connectivity index (χ1) is 13.7. The quantitative estimate of drug-likeness (QED) is 0.742. The van der Waals surface area contributed by atoms with Gasteiger partial charge in [-0.2, -0.15) is 0 Å². The topological polar surface area (TPSA) is 76.5 Å². The van der Waals surface area contributed by atoms with Crippen LogP contribution in [0.4, 0.5) is 11.6 Å². The van der Waals surface area contributed by atoms with Gasteiger partial charge in [0.1, 0.15) is 11.8 Å². The van der Waals surface area contributed by atoms with E-state index < -0.39 is 6.04 Å². The number of ether oxygens (including phenoxy) is 1. The molecule has 1 fully saturated rings. The Kier molecular flexibility index (Phi) is 3.82. The molecule has 1 saturated carbocycles. The van der Waals surface area contributed by atoms with Crippen molar-refractivity contribution >= 4 is 34.5 Å². The number of para-hydroxylation sites is 4. The summed E-state index contributed by atoms with van der Waals surface area (Å²) in [5.41, 5.74) is 2.31. The van der Waals surface area contributed by atoms with Gasteiger partial charge < -0.3 is 10.1 Å². The molecule has 28 heavy (non-hydrogen) atoms. The molecule has 5 rings (SSSR count). The fraction of sp³-hybridized carbons (Fsp3) is 0.286. The first kappa shape index (κ1) is 16.8. The zero-order chi connectivity index (χ0) is 19.3. The van der Waals surface area contributed by atoms with Crippen molar-refractivity contribution in [2.45, 2.75) is 31.3 Å². The maximum Gasteiger partial charge on any atom is 0.253 e. The molecule has 3 aromatic rings. The Balaban J connectivity index is 1.47. The van der Waals surface area contributed by atoms with E-state index in [4.69, 9.17) is 4.74 Å².